The van der Waals surface area contributed by atoms with E-state index in [9.17, 15) is 19.2 Å². The third-order valence-electron chi connectivity index (χ3n) is 5.38. The van der Waals surface area contributed by atoms with Crippen molar-refractivity contribution in [3.8, 4) is 0 Å². The molecule has 2 aliphatic heterocycles. The molecular weight excluding hydrogens is 390 g/mol. The maximum absolute atomic E-state index is 13.1. The molecule has 11 heteroatoms. The average molecular weight is 422 g/mol. The van der Waals surface area contributed by atoms with Crippen LogP contribution in [0.4, 0.5) is 0 Å². The monoisotopic (exact) mass is 421 g/mol. The number of aliphatic imine (C=N–C) groups is 2. The van der Waals surface area contributed by atoms with E-state index in [2.05, 4.69) is 22.0 Å². The predicted octanol–water partition coefficient (Wildman–Crippen LogP) is -1.24. The van der Waals surface area contributed by atoms with E-state index in [1.807, 2.05) is 0 Å². The predicted molar refractivity (Wildman–Crippen MR) is 112 cm³/mol. The van der Waals surface area contributed by atoms with Crippen LogP contribution in [-0.4, -0.2) is 84.4 Å². The zero-order valence-electron chi connectivity index (χ0n) is 17.2. The Kier molecular flexibility index (Phi) is 8.75. The molecule has 2 heterocycles. The molecule has 2 aliphatic rings. The molecule has 0 aromatic carbocycles. The van der Waals surface area contributed by atoms with Crippen molar-refractivity contribution in [1.82, 2.24) is 15.1 Å². The highest BCUT2D eigenvalue weighted by atomic mass is 16.2. The number of rotatable bonds is 9. The molecule has 11 nitrogen and oxygen atoms in total. The fourth-order valence-corrected chi connectivity index (χ4v) is 3.89. The van der Waals surface area contributed by atoms with Crippen LogP contribution in [0.5, 0.6) is 0 Å². The Labute approximate surface area is 175 Å². The first kappa shape index (κ1) is 23.3. The number of carbonyl (C=O) groups excluding carboxylic acids is 4. The van der Waals surface area contributed by atoms with Gasteiger partial charge in [0.05, 0.1) is 6.54 Å². The van der Waals surface area contributed by atoms with Gasteiger partial charge >= 0.3 is 0 Å². The summed E-state index contributed by atoms with van der Waals surface area (Å²) in [4.78, 5) is 59.7. The third-order valence-corrected chi connectivity index (χ3v) is 5.38. The fourth-order valence-electron chi connectivity index (χ4n) is 3.89. The van der Waals surface area contributed by atoms with Gasteiger partial charge in [-0.15, -0.1) is 0 Å². The van der Waals surface area contributed by atoms with Crippen molar-refractivity contribution < 1.29 is 19.2 Å². The van der Waals surface area contributed by atoms with Crippen molar-refractivity contribution in [1.29, 1.82) is 0 Å². The summed E-state index contributed by atoms with van der Waals surface area (Å²) in [5.74, 6) is -1.16. The van der Waals surface area contributed by atoms with Gasteiger partial charge in [0.2, 0.25) is 17.7 Å². The molecule has 0 saturated carbocycles. The lowest BCUT2D eigenvalue weighted by molar-refractivity contribution is -0.146. The zero-order chi connectivity index (χ0) is 22.1. The van der Waals surface area contributed by atoms with E-state index in [-0.39, 0.29) is 30.2 Å². The standard InChI is InChI=1S/C19H31N7O4/c1-22-15(27)12-24-17(29)13-6-4-11-26(13)18(30)14-7-5-10-25(14)16(28)8-2-3-9-23-19(20)21/h13-14H,1-12H2,(H,24,29)(H4,20,21,23)/t13-,14?/m0/s1. The maximum atomic E-state index is 13.1. The van der Waals surface area contributed by atoms with Crippen LogP contribution in [0.25, 0.3) is 0 Å². The number of amides is 4. The summed E-state index contributed by atoms with van der Waals surface area (Å²) < 4.78 is 0. The van der Waals surface area contributed by atoms with Crippen LogP contribution in [0, 0.1) is 0 Å². The molecule has 4 amide bonds. The van der Waals surface area contributed by atoms with E-state index < -0.39 is 18.0 Å². The average Bonchev–Trinajstić information content (AvgIpc) is 3.40. The van der Waals surface area contributed by atoms with Crippen LogP contribution in [0.2, 0.25) is 0 Å². The van der Waals surface area contributed by atoms with Gasteiger partial charge in [-0.05, 0) is 45.2 Å². The second-order valence-electron chi connectivity index (χ2n) is 7.47. The Morgan fingerprint density at radius 1 is 1.00 bits per heavy atom. The lowest BCUT2D eigenvalue weighted by Gasteiger charge is -2.31. The van der Waals surface area contributed by atoms with Crippen LogP contribution in [0.15, 0.2) is 9.98 Å². The highest BCUT2D eigenvalue weighted by molar-refractivity contribution is 5.94. The highest BCUT2D eigenvalue weighted by Crippen LogP contribution is 2.25. The van der Waals surface area contributed by atoms with E-state index in [1.165, 1.54) is 4.90 Å². The number of unbranched alkanes of at least 4 members (excludes halogenated alkanes) is 1. The Bertz CT molecular complexity index is 705. The second kappa shape index (κ2) is 11.3. The van der Waals surface area contributed by atoms with Crippen LogP contribution >= 0.6 is 0 Å². The van der Waals surface area contributed by atoms with E-state index >= 15 is 0 Å². The Balaban J connectivity index is 1.91. The molecule has 0 bridgehead atoms. The quantitative estimate of drug-likeness (QED) is 0.239. The highest BCUT2D eigenvalue weighted by Gasteiger charge is 2.41. The molecule has 0 aromatic heterocycles. The van der Waals surface area contributed by atoms with Gasteiger partial charge in [0.25, 0.3) is 5.91 Å². The van der Waals surface area contributed by atoms with Gasteiger partial charge in [0, 0.05) is 26.1 Å². The number of nitrogens with one attached hydrogen (secondary N) is 1. The molecule has 5 N–H and O–H groups in total. The van der Waals surface area contributed by atoms with Gasteiger partial charge in [-0.1, -0.05) is 0 Å². The number of carbonyl (C=O) groups is 4. The van der Waals surface area contributed by atoms with E-state index in [0.717, 1.165) is 6.42 Å². The minimum atomic E-state index is -0.632. The first-order valence-electron chi connectivity index (χ1n) is 10.3. The van der Waals surface area contributed by atoms with Crippen molar-refractivity contribution in [2.45, 2.75) is 57.0 Å². The first-order valence-corrected chi connectivity index (χ1v) is 10.3. The van der Waals surface area contributed by atoms with Gasteiger partial charge in [0.15, 0.2) is 5.96 Å². The van der Waals surface area contributed by atoms with Crippen molar-refractivity contribution in [2.24, 2.45) is 21.5 Å². The lowest BCUT2D eigenvalue weighted by Crippen LogP contribution is -2.53. The Morgan fingerprint density at radius 2 is 1.67 bits per heavy atom. The van der Waals surface area contributed by atoms with E-state index in [4.69, 9.17) is 11.5 Å². The lowest BCUT2D eigenvalue weighted by atomic mass is 10.1. The molecular formula is C19H31N7O4. The van der Waals surface area contributed by atoms with Gasteiger partial charge in [-0.25, -0.2) is 4.99 Å². The first-order chi connectivity index (χ1) is 14.3. The summed E-state index contributed by atoms with van der Waals surface area (Å²) in [6.07, 6.45) is 4.20. The van der Waals surface area contributed by atoms with Gasteiger partial charge in [-0.2, -0.15) is 0 Å². The summed E-state index contributed by atoms with van der Waals surface area (Å²) in [5.41, 5.74) is 10.6. The minimum Gasteiger partial charge on any atom is -0.370 e. The Morgan fingerprint density at radius 3 is 2.33 bits per heavy atom. The molecule has 0 spiro atoms. The van der Waals surface area contributed by atoms with Crippen LogP contribution < -0.4 is 16.8 Å². The van der Waals surface area contributed by atoms with Gasteiger partial charge in [0.1, 0.15) is 12.1 Å². The summed E-state index contributed by atoms with van der Waals surface area (Å²) >= 11 is 0. The zero-order valence-corrected chi connectivity index (χ0v) is 17.2. The minimum absolute atomic E-state index is 0.0286. The van der Waals surface area contributed by atoms with E-state index in [1.54, 1.807) is 4.90 Å². The number of hydrogen-bond acceptors (Lipinski definition) is 5. The SMILES string of the molecule is C=NC(=O)CNC(=O)[C@@H]1CCCN1C(=O)C1CCCN1C(=O)CCCCN=C(N)N. The number of nitrogens with zero attached hydrogens (tertiary/aromatic N) is 4. The van der Waals surface area contributed by atoms with Crippen molar-refractivity contribution in [2.75, 3.05) is 26.2 Å². The van der Waals surface area contributed by atoms with Crippen LogP contribution in [0.1, 0.15) is 44.9 Å². The van der Waals surface area contributed by atoms with Gasteiger partial charge in [-0.3, -0.25) is 24.2 Å². The fraction of sp³-hybridized carbons (Fsp3) is 0.684. The number of nitrogens with two attached hydrogens (primary N) is 2. The summed E-state index contributed by atoms with van der Waals surface area (Å²) in [5, 5.41) is 2.51. The topological polar surface area (TPSA) is 164 Å². The molecule has 2 rings (SSSR count). The number of hydrogen-bond donors (Lipinski definition) is 3. The molecule has 0 aliphatic carbocycles. The number of likely N-dealkylation sites (tertiary alicyclic amines) is 2. The summed E-state index contributed by atoms with van der Waals surface area (Å²) in [6.45, 7) is 4.34. The summed E-state index contributed by atoms with van der Waals surface area (Å²) in [7, 11) is 0. The van der Waals surface area contributed by atoms with Crippen molar-refractivity contribution >= 4 is 36.3 Å². The van der Waals surface area contributed by atoms with Crippen LogP contribution in [0.3, 0.4) is 0 Å². The molecule has 0 aromatic rings. The van der Waals surface area contributed by atoms with Crippen LogP contribution in [-0.2, 0) is 19.2 Å². The van der Waals surface area contributed by atoms with E-state index in [0.29, 0.717) is 58.2 Å². The smallest absolute Gasteiger partial charge is 0.264 e. The maximum Gasteiger partial charge on any atom is 0.264 e. The number of guanidine groups is 1. The molecule has 2 saturated heterocycles. The van der Waals surface area contributed by atoms with Crippen molar-refractivity contribution in [3.63, 3.8) is 0 Å². The molecule has 0 radical (unpaired) electrons. The molecule has 2 fully saturated rings. The molecule has 166 valence electrons. The second-order valence-corrected chi connectivity index (χ2v) is 7.47. The molecule has 2 atom stereocenters. The largest absolute Gasteiger partial charge is 0.370 e. The molecule has 30 heavy (non-hydrogen) atoms. The third kappa shape index (κ3) is 6.26. The normalized spacial score (nSPS) is 20.7. The van der Waals surface area contributed by atoms with Gasteiger partial charge < -0.3 is 26.6 Å². The summed E-state index contributed by atoms with van der Waals surface area (Å²) in [6, 6.07) is -1.17. The van der Waals surface area contributed by atoms with Crippen molar-refractivity contribution in [3.05, 3.63) is 0 Å². The molecule has 1 unspecified atom stereocenters. The Hall–Kier alpha value is -2.98.